The maximum atomic E-state index is 4.55. The summed E-state index contributed by atoms with van der Waals surface area (Å²) in [6.45, 7) is 5.90. The van der Waals surface area contributed by atoms with Crippen molar-refractivity contribution in [3.8, 4) is 0 Å². The van der Waals surface area contributed by atoms with Gasteiger partial charge in [-0.3, -0.25) is 9.36 Å². The van der Waals surface area contributed by atoms with Gasteiger partial charge < -0.3 is 5.32 Å². The number of hydrogen-bond donors (Lipinski definition) is 1. The first-order chi connectivity index (χ1) is 8.69. The number of hydrogen-bond acceptors (Lipinski definition) is 3. The van der Waals surface area contributed by atoms with E-state index >= 15 is 0 Å². The zero-order chi connectivity index (χ0) is 13.0. The lowest BCUT2D eigenvalue weighted by molar-refractivity contribution is 0.471. The van der Waals surface area contributed by atoms with Gasteiger partial charge >= 0.3 is 0 Å². The summed E-state index contributed by atoms with van der Waals surface area (Å²) >= 11 is 0. The second-order valence-corrected chi connectivity index (χ2v) is 4.63. The SMILES string of the molecule is CCC(C)n1ccc(CNCc2ccn(C)n2)n1. The molecule has 0 saturated carbocycles. The van der Waals surface area contributed by atoms with Gasteiger partial charge in [0.15, 0.2) is 0 Å². The predicted molar refractivity (Wildman–Crippen MR) is 71.0 cm³/mol. The molecule has 5 nitrogen and oxygen atoms in total. The molecule has 2 rings (SSSR count). The van der Waals surface area contributed by atoms with E-state index in [1.54, 1.807) is 0 Å². The standard InChI is InChI=1S/C13H21N5/c1-4-11(2)18-8-6-13(16-18)10-14-9-12-5-7-17(3)15-12/h5-8,11,14H,4,9-10H2,1-3H3. The summed E-state index contributed by atoms with van der Waals surface area (Å²) in [5, 5.41) is 12.2. The Morgan fingerprint density at radius 1 is 1.17 bits per heavy atom. The Labute approximate surface area is 108 Å². The van der Waals surface area contributed by atoms with E-state index in [0.717, 1.165) is 30.9 Å². The number of rotatable bonds is 6. The molecule has 0 spiro atoms. The highest BCUT2D eigenvalue weighted by molar-refractivity contribution is 5.01. The molecular formula is C13H21N5. The van der Waals surface area contributed by atoms with Gasteiger partial charge in [-0.25, -0.2) is 0 Å². The van der Waals surface area contributed by atoms with Gasteiger partial charge in [0.05, 0.1) is 11.4 Å². The molecule has 0 aromatic carbocycles. The quantitative estimate of drug-likeness (QED) is 0.848. The Balaban J connectivity index is 1.81. The molecule has 0 aliphatic heterocycles. The highest BCUT2D eigenvalue weighted by Crippen LogP contribution is 2.09. The first-order valence-electron chi connectivity index (χ1n) is 6.42. The van der Waals surface area contributed by atoms with Gasteiger partial charge in [-0.15, -0.1) is 0 Å². The molecule has 0 aliphatic rings. The third-order valence-electron chi connectivity index (χ3n) is 3.09. The van der Waals surface area contributed by atoms with Crippen LogP contribution in [0.15, 0.2) is 24.5 Å². The fourth-order valence-corrected chi connectivity index (χ4v) is 1.78. The molecule has 2 heterocycles. The van der Waals surface area contributed by atoms with Gasteiger partial charge in [-0.2, -0.15) is 10.2 Å². The second kappa shape index (κ2) is 5.82. The third kappa shape index (κ3) is 3.20. The Hall–Kier alpha value is -1.62. The van der Waals surface area contributed by atoms with Crippen LogP contribution >= 0.6 is 0 Å². The maximum absolute atomic E-state index is 4.55. The largest absolute Gasteiger partial charge is 0.305 e. The average Bonchev–Trinajstić information content (AvgIpc) is 2.98. The van der Waals surface area contributed by atoms with Gasteiger partial charge in [-0.1, -0.05) is 6.92 Å². The molecule has 2 aromatic heterocycles. The van der Waals surface area contributed by atoms with E-state index in [9.17, 15) is 0 Å². The van der Waals surface area contributed by atoms with Crippen LogP contribution in [0.2, 0.25) is 0 Å². The summed E-state index contributed by atoms with van der Waals surface area (Å²) in [6.07, 6.45) is 5.10. The van der Waals surface area contributed by atoms with Crippen LogP contribution in [0.25, 0.3) is 0 Å². The van der Waals surface area contributed by atoms with Crippen LogP contribution < -0.4 is 5.32 Å². The van der Waals surface area contributed by atoms with E-state index in [-0.39, 0.29) is 0 Å². The van der Waals surface area contributed by atoms with Crippen molar-refractivity contribution in [3.63, 3.8) is 0 Å². The molecule has 2 aromatic rings. The first-order valence-corrected chi connectivity index (χ1v) is 6.42. The maximum Gasteiger partial charge on any atom is 0.0762 e. The number of aryl methyl sites for hydroxylation is 1. The second-order valence-electron chi connectivity index (χ2n) is 4.63. The molecule has 0 bridgehead atoms. The monoisotopic (exact) mass is 247 g/mol. The molecule has 0 amide bonds. The molecule has 1 atom stereocenters. The van der Waals surface area contributed by atoms with Crippen molar-refractivity contribution in [1.82, 2.24) is 24.9 Å². The van der Waals surface area contributed by atoms with Gasteiger partial charge in [0.2, 0.25) is 0 Å². The van der Waals surface area contributed by atoms with Crippen molar-refractivity contribution in [2.45, 2.75) is 39.4 Å². The highest BCUT2D eigenvalue weighted by Gasteiger charge is 2.04. The number of nitrogens with one attached hydrogen (secondary N) is 1. The van der Waals surface area contributed by atoms with Crippen LogP contribution in [0.1, 0.15) is 37.7 Å². The molecule has 98 valence electrons. The van der Waals surface area contributed by atoms with Crippen LogP contribution in [-0.2, 0) is 20.1 Å². The minimum atomic E-state index is 0.467. The first kappa shape index (κ1) is 12.8. The normalized spacial score (nSPS) is 12.8. The summed E-state index contributed by atoms with van der Waals surface area (Å²) in [7, 11) is 1.93. The fourth-order valence-electron chi connectivity index (χ4n) is 1.78. The Morgan fingerprint density at radius 3 is 2.44 bits per heavy atom. The average molecular weight is 247 g/mol. The van der Waals surface area contributed by atoms with Crippen LogP contribution in [0.5, 0.6) is 0 Å². The van der Waals surface area contributed by atoms with E-state index in [4.69, 9.17) is 0 Å². The molecular weight excluding hydrogens is 226 g/mol. The minimum Gasteiger partial charge on any atom is -0.305 e. The molecule has 0 saturated heterocycles. The van der Waals surface area contributed by atoms with Crippen molar-refractivity contribution in [1.29, 1.82) is 0 Å². The zero-order valence-corrected chi connectivity index (χ0v) is 11.3. The Morgan fingerprint density at radius 2 is 1.83 bits per heavy atom. The molecule has 18 heavy (non-hydrogen) atoms. The van der Waals surface area contributed by atoms with Gasteiger partial charge in [0, 0.05) is 38.6 Å². The fraction of sp³-hybridized carbons (Fsp3) is 0.538. The van der Waals surface area contributed by atoms with E-state index in [0.29, 0.717) is 6.04 Å². The molecule has 0 radical (unpaired) electrons. The van der Waals surface area contributed by atoms with Crippen molar-refractivity contribution in [2.24, 2.45) is 7.05 Å². The predicted octanol–water partition coefficient (Wildman–Crippen LogP) is 1.88. The van der Waals surface area contributed by atoms with Crippen LogP contribution in [-0.4, -0.2) is 19.6 Å². The van der Waals surface area contributed by atoms with E-state index in [1.165, 1.54) is 0 Å². The summed E-state index contributed by atoms with van der Waals surface area (Å²) in [5.74, 6) is 0. The highest BCUT2D eigenvalue weighted by atomic mass is 15.3. The summed E-state index contributed by atoms with van der Waals surface area (Å²) in [4.78, 5) is 0. The van der Waals surface area contributed by atoms with Crippen molar-refractivity contribution in [2.75, 3.05) is 0 Å². The van der Waals surface area contributed by atoms with E-state index < -0.39 is 0 Å². The van der Waals surface area contributed by atoms with Crippen LogP contribution in [0, 0.1) is 0 Å². The smallest absolute Gasteiger partial charge is 0.0762 e. The Kier molecular flexibility index (Phi) is 4.15. The van der Waals surface area contributed by atoms with E-state index in [2.05, 4.69) is 35.4 Å². The molecule has 0 fully saturated rings. The molecule has 5 heteroatoms. The lowest BCUT2D eigenvalue weighted by Crippen LogP contribution is -2.14. The summed E-state index contributed by atoms with van der Waals surface area (Å²) in [5.41, 5.74) is 2.13. The molecule has 0 aliphatic carbocycles. The van der Waals surface area contributed by atoms with Crippen molar-refractivity contribution in [3.05, 3.63) is 35.9 Å². The van der Waals surface area contributed by atoms with Gasteiger partial charge in [-0.05, 0) is 25.5 Å². The van der Waals surface area contributed by atoms with Crippen LogP contribution in [0.4, 0.5) is 0 Å². The van der Waals surface area contributed by atoms with Crippen molar-refractivity contribution < 1.29 is 0 Å². The lowest BCUT2D eigenvalue weighted by atomic mass is 10.3. The summed E-state index contributed by atoms with van der Waals surface area (Å²) in [6, 6.07) is 4.55. The van der Waals surface area contributed by atoms with Crippen LogP contribution in [0.3, 0.4) is 0 Å². The topological polar surface area (TPSA) is 47.7 Å². The zero-order valence-electron chi connectivity index (χ0n) is 11.3. The van der Waals surface area contributed by atoms with Crippen molar-refractivity contribution >= 4 is 0 Å². The van der Waals surface area contributed by atoms with E-state index in [1.807, 2.05) is 34.9 Å². The molecule has 1 N–H and O–H groups in total. The third-order valence-corrected chi connectivity index (χ3v) is 3.09. The lowest BCUT2D eigenvalue weighted by Gasteiger charge is -2.08. The number of nitrogens with zero attached hydrogens (tertiary/aromatic N) is 4. The molecule has 1 unspecified atom stereocenters. The summed E-state index contributed by atoms with van der Waals surface area (Å²) < 4.78 is 3.84. The van der Waals surface area contributed by atoms with Gasteiger partial charge in [0.1, 0.15) is 0 Å². The minimum absolute atomic E-state index is 0.467. The Bertz CT molecular complexity index is 485. The number of aromatic nitrogens is 4. The van der Waals surface area contributed by atoms with Gasteiger partial charge in [0.25, 0.3) is 0 Å².